The molecule has 5 heteroatoms. The number of hydrogen-bond donors (Lipinski definition) is 3. The molecule has 3 rings (SSSR count). The quantitative estimate of drug-likeness (QED) is 0.592. The fourth-order valence-electron chi connectivity index (χ4n) is 3.34. The lowest BCUT2D eigenvalue weighted by Crippen LogP contribution is -2.31. The van der Waals surface area contributed by atoms with Crippen LogP contribution >= 0.6 is 12.2 Å². The van der Waals surface area contributed by atoms with E-state index < -0.39 is 0 Å². The largest absolute Gasteiger partial charge is 0.362 e. The molecule has 1 heterocycles. The van der Waals surface area contributed by atoms with Crippen LogP contribution in [0.15, 0.2) is 41.2 Å². The average molecular weight is 380 g/mol. The SMILES string of the molecule is Cc1cc(C)cc(NC(=S)NCCc2cc3c(C)ccc(C)c3[nH]c2=O)c1. The molecule has 0 aliphatic rings. The van der Waals surface area contributed by atoms with Crippen LogP contribution in [0.5, 0.6) is 0 Å². The zero-order valence-corrected chi connectivity index (χ0v) is 17.0. The molecule has 4 nitrogen and oxygen atoms in total. The van der Waals surface area contributed by atoms with Crippen molar-refractivity contribution in [1.29, 1.82) is 0 Å². The van der Waals surface area contributed by atoms with Crippen LogP contribution < -0.4 is 16.2 Å². The van der Waals surface area contributed by atoms with E-state index in [1.807, 2.05) is 19.1 Å². The van der Waals surface area contributed by atoms with E-state index in [0.29, 0.717) is 18.1 Å². The summed E-state index contributed by atoms with van der Waals surface area (Å²) in [6.45, 7) is 8.78. The maximum absolute atomic E-state index is 12.4. The molecule has 0 aliphatic heterocycles. The number of thiocarbonyl (C=S) groups is 1. The lowest BCUT2D eigenvalue weighted by molar-refractivity contribution is 0.863. The monoisotopic (exact) mass is 379 g/mol. The number of benzene rings is 2. The van der Waals surface area contributed by atoms with Gasteiger partial charge in [0.05, 0.1) is 5.52 Å². The van der Waals surface area contributed by atoms with E-state index in [1.54, 1.807) is 0 Å². The second-order valence-electron chi connectivity index (χ2n) is 7.12. The third kappa shape index (κ3) is 4.55. The van der Waals surface area contributed by atoms with Crippen molar-refractivity contribution in [3.8, 4) is 0 Å². The smallest absolute Gasteiger partial charge is 0.251 e. The molecule has 1 aromatic heterocycles. The number of hydrogen-bond acceptors (Lipinski definition) is 2. The van der Waals surface area contributed by atoms with Crippen LogP contribution in [0, 0.1) is 27.7 Å². The molecule has 0 saturated carbocycles. The maximum Gasteiger partial charge on any atom is 0.251 e. The van der Waals surface area contributed by atoms with Gasteiger partial charge < -0.3 is 15.6 Å². The van der Waals surface area contributed by atoms with Crippen molar-refractivity contribution in [1.82, 2.24) is 10.3 Å². The topological polar surface area (TPSA) is 56.9 Å². The molecule has 0 bridgehead atoms. The second-order valence-corrected chi connectivity index (χ2v) is 7.53. The number of aryl methyl sites for hydroxylation is 4. The predicted molar refractivity (Wildman–Crippen MR) is 118 cm³/mol. The molecule has 3 N–H and O–H groups in total. The van der Waals surface area contributed by atoms with Gasteiger partial charge in [-0.25, -0.2) is 0 Å². The van der Waals surface area contributed by atoms with Gasteiger partial charge in [0.2, 0.25) is 0 Å². The van der Waals surface area contributed by atoms with Crippen molar-refractivity contribution in [2.24, 2.45) is 0 Å². The summed E-state index contributed by atoms with van der Waals surface area (Å²) in [7, 11) is 0. The lowest BCUT2D eigenvalue weighted by atomic mass is 10.0. The van der Waals surface area contributed by atoms with Gasteiger partial charge in [0, 0.05) is 23.2 Å². The third-order valence-corrected chi connectivity index (χ3v) is 4.93. The summed E-state index contributed by atoms with van der Waals surface area (Å²) in [5.74, 6) is 0. The van der Waals surface area contributed by atoms with Gasteiger partial charge in [-0.05, 0) is 86.8 Å². The number of anilines is 1. The van der Waals surface area contributed by atoms with E-state index in [2.05, 4.69) is 60.7 Å². The first-order chi connectivity index (χ1) is 12.8. The Morgan fingerprint density at radius 1 is 1.00 bits per heavy atom. The molecule has 140 valence electrons. The summed E-state index contributed by atoms with van der Waals surface area (Å²) in [4.78, 5) is 15.4. The van der Waals surface area contributed by atoms with Gasteiger partial charge in [-0.1, -0.05) is 18.2 Å². The van der Waals surface area contributed by atoms with E-state index in [1.165, 1.54) is 11.1 Å². The van der Waals surface area contributed by atoms with Crippen LogP contribution in [-0.2, 0) is 6.42 Å². The number of rotatable bonds is 4. The molecule has 0 radical (unpaired) electrons. The summed E-state index contributed by atoms with van der Waals surface area (Å²) < 4.78 is 0. The van der Waals surface area contributed by atoms with Gasteiger partial charge in [0.25, 0.3) is 5.56 Å². The van der Waals surface area contributed by atoms with Crippen LogP contribution in [0.4, 0.5) is 5.69 Å². The molecule has 3 aromatic rings. The van der Waals surface area contributed by atoms with Crippen LogP contribution in [0.3, 0.4) is 0 Å². The number of fused-ring (bicyclic) bond motifs is 1. The minimum Gasteiger partial charge on any atom is -0.362 e. The van der Waals surface area contributed by atoms with E-state index in [9.17, 15) is 4.79 Å². The van der Waals surface area contributed by atoms with Gasteiger partial charge in [-0.2, -0.15) is 0 Å². The number of pyridine rings is 1. The molecule has 0 atom stereocenters. The Hall–Kier alpha value is -2.66. The molecule has 2 aromatic carbocycles. The molecular weight excluding hydrogens is 354 g/mol. The van der Waals surface area contributed by atoms with Crippen LogP contribution in [-0.4, -0.2) is 16.6 Å². The number of aromatic nitrogens is 1. The van der Waals surface area contributed by atoms with E-state index in [4.69, 9.17) is 12.2 Å². The Kier molecular flexibility index (Phi) is 5.61. The summed E-state index contributed by atoms with van der Waals surface area (Å²) >= 11 is 5.38. The fourth-order valence-corrected chi connectivity index (χ4v) is 3.56. The van der Waals surface area contributed by atoms with Gasteiger partial charge in [-0.3, -0.25) is 4.79 Å². The molecular formula is C22H25N3OS. The van der Waals surface area contributed by atoms with Gasteiger partial charge in [0.15, 0.2) is 5.11 Å². The van der Waals surface area contributed by atoms with Crippen molar-refractivity contribution in [3.63, 3.8) is 0 Å². The van der Waals surface area contributed by atoms with Crippen molar-refractivity contribution >= 4 is 33.9 Å². The van der Waals surface area contributed by atoms with Gasteiger partial charge >= 0.3 is 0 Å². The fraction of sp³-hybridized carbons (Fsp3) is 0.273. The summed E-state index contributed by atoms with van der Waals surface area (Å²) in [6.07, 6.45) is 0.604. The second kappa shape index (κ2) is 7.92. The first-order valence-corrected chi connectivity index (χ1v) is 9.49. The highest BCUT2D eigenvalue weighted by Crippen LogP contribution is 2.19. The molecule has 27 heavy (non-hydrogen) atoms. The van der Waals surface area contributed by atoms with Gasteiger partial charge in [0.1, 0.15) is 0 Å². The average Bonchev–Trinajstić information content (AvgIpc) is 2.58. The van der Waals surface area contributed by atoms with Crippen molar-refractivity contribution in [3.05, 3.63) is 74.6 Å². The third-order valence-electron chi connectivity index (χ3n) is 4.68. The Balaban J connectivity index is 1.66. The number of nitrogens with one attached hydrogen (secondary N) is 3. The maximum atomic E-state index is 12.4. The summed E-state index contributed by atoms with van der Waals surface area (Å²) in [5.41, 5.74) is 7.24. The highest BCUT2D eigenvalue weighted by Gasteiger charge is 2.07. The Morgan fingerprint density at radius 2 is 1.67 bits per heavy atom. The van der Waals surface area contributed by atoms with Gasteiger partial charge in [-0.15, -0.1) is 0 Å². The van der Waals surface area contributed by atoms with E-state index in [-0.39, 0.29) is 5.56 Å². The van der Waals surface area contributed by atoms with Crippen molar-refractivity contribution in [2.45, 2.75) is 34.1 Å². The van der Waals surface area contributed by atoms with Crippen LogP contribution in [0.1, 0.15) is 27.8 Å². The van der Waals surface area contributed by atoms with Crippen LogP contribution in [0.25, 0.3) is 10.9 Å². The minimum absolute atomic E-state index is 0.0359. The number of H-pyrrole nitrogens is 1. The lowest BCUT2D eigenvalue weighted by Gasteiger charge is -2.12. The molecule has 0 amide bonds. The van der Waals surface area contributed by atoms with Crippen LogP contribution in [0.2, 0.25) is 0 Å². The zero-order valence-electron chi connectivity index (χ0n) is 16.2. The molecule has 0 unspecified atom stereocenters. The first-order valence-electron chi connectivity index (χ1n) is 9.09. The standard InChI is InChI=1S/C22H25N3OS/c1-13-9-14(2)11-18(10-13)24-22(27)23-8-7-17-12-19-15(3)5-6-16(4)20(19)25-21(17)26/h5-6,9-12H,7-8H2,1-4H3,(H,25,26)(H2,23,24,27). The molecule has 0 aliphatic carbocycles. The Bertz CT molecular complexity index is 1050. The first kappa shape index (κ1) is 19.1. The predicted octanol–water partition coefficient (Wildman–Crippen LogP) is 4.29. The normalized spacial score (nSPS) is 10.8. The molecule has 0 spiro atoms. The molecule has 0 fully saturated rings. The number of aromatic amines is 1. The Labute approximate surface area is 165 Å². The van der Waals surface area contributed by atoms with Crippen molar-refractivity contribution in [2.75, 3.05) is 11.9 Å². The Morgan fingerprint density at radius 3 is 2.37 bits per heavy atom. The van der Waals surface area contributed by atoms with Crippen molar-refractivity contribution < 1.29 is 0 Å². The molecule has 0 saturated heterocycles. The zero-order chi connectivity index (χ0) is 19.6. The summed E-state index contributed by atoms with van der Waals surface area (Å²) in [5, 5.41) is 8.05. The highest BCUT2D eigenvalue weighted by atomic mass is 32.1. The highest BCUT2D eigenvalue weighted by molar-refractivity contribution is 7.80. The van der Waals surface area contributed by atoms with E-state index >= 15 is 0 Å². The summed E-state index contributed by atoms with van der Waals surface area (Å²) in [6, 6.07) is 12.4. The van der Waals surface area contributed by atoms with E-state index in [0.717, 1.165) is 33.3 Å². The minimum atomic E-state index is -0.0359.